The Balaban J connectivity index is 1.69. The SMILES string of the molecule is O=C(NCC1CNC1)c1ccc(-c2ccccc2F)o1. The molecule has 104 valence electrons. The maximum Gasteiger partial charge on any atom is 0.287 e. The summed E-state index contributed by atoms with van der Waals surface area (Å²) in [5, 5.41) is 5.95. The highest BCUT2D eigenvalue weighted by Gasteiger charge is 2.19. The summed E-state index contributed by atoms with van der Waals surface area (Å²) in [6.07, 6.45) is 0. The van der Waals surface area contributed by atoms with Crippen LogP contribution in [0.2, 0.25) is 0 Å². The number of amides is 1. The second-order valence-electron chi connectivity index (χ2n) is 4.88. The van der Waals surface area contributed by atoms with Crippen LogP contribution in [-0.4, -0.2) is 25.5 Å². The minimum Gasteiger partial charge on any atom is -0.451 e. The van der Waals surface area contributed by atoms with Crippen molar-refractivity contribution in [1.29, 1.82) is 0 Å². The molecule has 0 saturated carbocycles. The molecule has 1 aromatic carbocycles. The number of nitrogens with one attached hydrogen (secondary N) is 2. The van der Waals surface area contributed by atoms with Crippen LogP contribution in [0.15, 0.2) is 40.8 Å². The van der Waals surface area contributed by atoms with Crippen molar-refractivity contribution in [2.75, 3.05) is 19.6 Å². The predicted molar refractivity (Wildman–Crippen MR) is 72.8 cm³/mol. The van der Waals surface area contributed by atoms with Gasteiger partial charge in [0.1, 0.15) is 11.6 Å². The van der Waals surface area contributed by atoms with Crippen molar-refractivity contribution in [2.45, 2.75) is 0 Å². The number of carbonyl (C=O) groups excluding carboxylic acids is 1. The van der Waals surface area contributed by atoms with Crippen molar-refractivity contribution in [2.24, 2.45) is 5.92 Å². The Morgan fingerprint density at radius 3 is 2.80 bits per heavy atom. The fourth-order valence-electron chi connectivity index (χ4n) is 2.08. The van der Waals surface area contributed by atoms with E-state index in [1.165, 1.54) is 6.07 Å². The molecule has 0 bridgehead atoms. The molecule has 0 aliphatic carbocycles. The Bertz CT molecular complexity index is 620. The van der Waals surface area contributed by atoms with Gasteiger partial charge in [0.25, 0.3) is 5.91 Å². The molecule has 0 atom stereocenters. The zero-order chi connectivity index (χ0) is 13.9. The van der Waals surface area contributed by atoms with Crippen LogP contribution in [0.1, 0.15) is 10.6 Å². The molecule has 1 amide bonds. The third kappa shape index (κ3) is 2.58. The molecule has 2 heterocycles. The Labute approximate surface area is 116 Å². The van der Waals surface area contributed by atoms with Gasteiger partial charge in [-0.05, 0) is 24.3 Å². The molecule has 20 heavy (non-hydrogen) atoms. The van der Waals surface area contributed by atoms with Gasteiger partial charge in [0, 0.05) is 25.6 Å². The fraction of sp³-hybridized carbons (Fsp3) is 0.267. The molecule has 5 heteroatoms. The van der Waals surface area contributed by atoms with E-state index in [0.29, 0.717) is 23.8 Å². The zero-order valence-corrected chi connectivity index (χ0v) is 10.9. The van der Waals surface area contributed by atoms with Crippen molar-refractivity contribution >= 4 is 5.91 Å². The first kappa shape index (κ1) is 12.9. The summed E-state index contributed by atoms with van der Waals surface area (Å²) in [5.74, 6) is 0.419. The third-order valence-electron chi connectivity index (χ3n) is 3.39. The molecular weight excluding hydrogens is 259 g/mol. The van der Waals surface area contributed by atoms with Crippen molar-refractivity contribution in [3.05, 3.63) is 48.0 Å². The maximum atomic E-state index is 13.6. The molecule has 1 aliphatic heterocycles. The van der Waals surface area contributed by atoms with E-state index in [4.69, 9.17) is 4.42 Å². The topological polar surface area (TPSA) is 54.3 Å². The molecular formula is C15H15FN2O2. The Kier molecular flexibility index (Phi) is 3.52. The molecule has 0 unspecified atom stereocenters. The molecule has 3 rings (SSSR count). The molecule has 2 N–H and O–H groups in total. The van der Waals surface area contributed by atoms with Crippen molar-refractivity contribution < 1.29 is 13.6 Å². The lowest BCUT2D eigenvalue weighted by Crippen LogP contribution is -2.48. The van der Waals surface area contributed by atoms with Gasteiger partial charge in [0.15, 0.2) is 5.76 Å². The first-order valence-electron chi connectivity index (χ1n) is 6.57. The predicted octanol–water partition coefficient (Wildman–Crippen LogP) is 2.03. The molecule has 1 fully saturated rings. The average molecular weight is 274 g/mol. The Hall–Kier alpha value is -2.14. The maximum absolute atomic E-state index is 13.6. The molecule has 1 saturated heterocycles. The van der Waals surface area contributed by atoms with Gasteiger partial charge in [0.2, 0.25) is 0 Å². The summed E-state index contributed by atoms with van der Waals surface area (Å²) in [7, 11) is 0. The molecule has 1 aliphatic rings. The molecule has 1 aromatic heterocycles. The normalized spacial score (nSPS) is 14.8. The minimum absolute atomic E-state index is 0.204. The molecule has 2 aromatic rings. The Morgan fingerprint density at radius 2 is 2.10 bits per heavy atom. The van der Waals surface area contributed by atoms with Gasteiger partial charge in [0.05, 0.1) is 5.56 Å². The van der Waals surface area contributed by atoms with Crippen molar-refractivity contribution in [1.82, 2.24) is 10.6 Å². The summed E-state index contributed by atoms with van der Waals surface area (Å²) in [4.78, 5) is 11.9. The van der Waals surface area contributed by atoms with E-state index in [9.17, 15) is 9.18 Å². The lowest BCUT2D eigenvalue weighted by atomic mass is 10.0. The van der Waals surface area contributed by atoms with Gasteiger partial charge in [-0.3, -0.25) is 4.79 Å². The van der Waals surface area contributed by atoms with Gasteiger partial charge >= 0.3 is 0 Å². The van der Waals surface area contributed by atoms with Gasteiger partial charge in [-0.1, -0.05) is 12.1 Å². The van der Waals surface area contributed by atoms with Crippen LogP contribution in [0.4, 0.5) is 4.39 Å². The van der Waals surface area contributed by atoms with Crippen LogP contribution in [0, 0.1) is 11.7 Å². The quantitative estimate of drug-likeness (QED) is 0.897. The van der Waals surface area contributed by atoms with Crippen LogP contribution in [0.3, 0.4) is 0 Å². The summed E-state index contributed by atoms with van der Waals surface area (Å²) in [6, 6.07) is 9.50. The number of hydrogen-bond acceptors (Lipinski definition) is 3. The standard InChI is InChI=1S/C15H15FN2O2/c16-12-4-2-1-3-11(12)13-5-6-14(20-13)15(19)18-9-10-7-17-8-10/h1-6,10,17H,7-9H2,(H,18,19). The number of hydrogen-bond donors (Lipinski definition) is 2. The van der Waals surface area contributed by atoms with Crippen LogP contribution < -0.4 is 10.6 Å². The van der Waals surface area contributed by atoms with E-state index in [-0.39, 0.29) is 17.5 Å². The molecule has 0 radical (unpaired) electrons. The van der Waals surface area contributed by atoms with Crippen LogP contribution >= 0.6 is 0 Å². The van der Waals surface area contributed by atoms with Gasteiger partial charge in [-0.25, -0.2) is 4.39 Å². The number of furan rings is 1. The Morgan fingerprint density at radius 1 is 1.30 bits per heavy atom. The van der Waals surface area contributed by atoms with Gasteiger partial charge in [-0.15, -0.1) is 0 Å². The zero-order valence-electron chi connectivity index (χ0n) is 10.9. The van der Waals surface area contributed by atoms with Gasteiger partial charge in [-0.2, -0.15) is 0 Å². The van der Waals surface area contributed by atoms with Crippen molar-refractivity contribution in [3.63, 3.8) is 0 Å². The first-order chi connectivity index (χ1) is 9.74. The summed E-state index contributed by atoms with van der Waals surface area (Å²) >= 11 is 0. The van der Waals surface area contributed by atoms with Crippen LogP contribution in [-0.2, 0) is 0 Å². The molecule has 4 nitrogen and oxygen atoms in total. The first-order valence-corrected chi connectivity index (χ1v) is 6.57. The monoisotopic (exact) mass is 274 g/mol. The van der Waals surface area contributed by atoms with E-state index in [1.807, 2.05) is 0 Å². The van der Waals surface area contributed by atoms with E-state index < -0.39 is 0 Å². The number of halogens is 1. The van der Waals surface area contributed by atoms with Crippen LogP contribution in [0.25, 0.3) is 11.3 Å². The highest BCUT2D eigenvalue weighted by Crippen LogP contribution is 2.24. The summed E-state index contributed by atoms with van der Waals surface area (Å²) in [6.45, 7) is 2.49. The van der Waals surface area contributed by atoms with E-state index >= 15 is 0 Å². The molecule has 0 spiro atoms. The second-order valence-corrected chi connectivity index (χ2v) is 4.88. The van der Waals surface area contributed by atoms with Crippen LogP contribution in [0.5, 0.6) is 0 Å². The lowest BCUT2D eigenvalue weighted by Gasteiger charge is -2.26. The highest BCUT2D eigenvalue weighted by molar-refractivity contribution is 5.92. The lowest BCUT2D eigenvalue weighted by molar-refractivity contribution is 0.0915. The summed E-state index contributed by atoms with van der Waals surface area (Å²) in [5.41, 5.74) is 0.356. The number of benzene rings is 1. The minimum atomic E-state index is -0.366. The number of rotatable bonds is 4. The third-order valence-corrected chi connectivity index (χ3v) is 3.39. The average Bonchev–Trinajstić information content (AvgIpc) is 2.87. The van der Waals surface area contributed by atoms with E-state index in [1.54, 1.807) is 30.3 Å². The second kappa shape index (κ2) is 5.46. The van der Waals surface area contributed by atoms with E-state index in [0.717, 1.165) is 13.1 Å². The fourth-order valence-corrected chi connectivity index (χ4v) is 2.08. The van der Waals surface area contributed by atoms with Crippen molar-refractivity contribution in [3.8, 4) is 11.3 Å². The van der Waals surface area contributed by atoms with E-state index in [2.05, 4.69) is 10.6 Å². The highest BCUT2D eigenvalue weighted by atomic mass is 19.1. The van der Waals surface area contributed by atoms with Gasteiger partial charge < -0.3 is 15.1 Å². The number of carbonyl (C=O) groups is 1. The summed E-state index contributed by atoms with van der Waals surface area (Å²) < 4.78 is 19.1. The smallest absolute Gasteiger partial charge is 0.287 e. The largest absolute Gasteiger partial charge is 0.451 e.